The Bertz CT molecular complexity index is 1290. The first-order valence-electron chi connectivity index (χ1n) is 10.4. The maximum absolute atomic E-state index is 13.3. The van der Waals surface area contributed by atoms with Crippen LogP contribution in [0.1, 0.15) is 39.5 Å². The van der Waals surface area contributed by atoms with Crippen LogP contribution in [0.3, 0.4) is 0 Å². The topological polar surface area (TPSA) is 102 Å². The van der Waals surface area contributed by atoms with Gasteiger partial charge in [0.1, 0.15) is 5.82 Å². The first-order chi connectivity index (χ1) is 16.1. The Morgan fingerprint density at radius 3 is 2.18 bits per heavy atom. The van der Waals surface area contributed by atoms with Gasteiger partial charge in [-0.1, -0.05) is 18.2 Å². The number of nitrogens with one attached hydrogen (secondary N) is 2. The number of ether oxygens (including phenoxy) is 1. The molecular weight excluding hydrogens is 459 g/mol. The summed E-state index contributed by atoms with van der Waals surface area (Å²) >= 11 is 0. The molecule has 0 heterocycles. The zero-order valence-corrected chi connectivity index (χ0v) is 19.8. The molecule has 0 bridgehead atoms. The lowest BCUT2D eigenvalue weighted by Gasteiger charge is -2.18. The molecule has 3 aromatic rings. The summed E-state index contributed by atoms with van der Waals surface area (Å²) in [5, 5.41) is 2.74. The van der Waals surface area contributed by atoms with Crippen LogP contribution in [0.4, 0.5) is 10.1 Å². The van der Waals surface area contributed by atoms with Gasteiger partial charge in [-0.15, -0.1) is 0 Å². The first-order valence-corrected chi connectivity index (χ1v) is 11.9. The molecule has 0 saturated heterocycles. The van der Waals surface area contributed by atoms with E-state index < -0.39 is 33.8 Å². The van der Waals surface area contributed by atoms with Crippen molar-refractivity contribution < 1.29 is 27.1 Å². The van der Waals surface area contributed by atoms with E-state index in [0.29, 0.717) is 11.3 Å². The molecule has 9 heteroatoms. The molecule has 0 aliphatic rings. The zero-order valence-electron chi connectivity index (χ0n) is 19.0. The van der Waals surface area contributed by atoms with Crippen molar-refractivity contribution in [2.45, 2.75) is 31.2 Å². The number of anilines is 1. The molecule has 7 nitrogen and oxygen atoms in total. The molecule has 0 aliphatic heterocycles. The Balaban J connectivity index is 1.74. The van der Waals surface area contributed by atoms with Crippen LogP contribution in [-0.2, 0) is 19.6 Å². The molecule has 178 valence electrons. The molecule has 3 aromatic carbocycles. The molecule has 0 fully saturated rings. The quantitative estimate of drug-likeness (QED) is 0.465. The highest BCUT2D eigenvalue weighted by atomic mass is 32.2. The van der Waals surface area contributed by atoms with Crippen LogP contribution in [0.15, 0.2) is 71.6 Å². The summed E-state index contributed by atoms with van der Waals surface area (Å²) < 4.78 is 45.8. The maximum atomic E-state index is 13.3. The average Bonchev–Trinajstić information content (AvgIpc) is 2.81. The molecule has 1 atom stereocenters. The van der Waals surface area contributed by atoms with E-state index >= 15 is 0 Å². The van der Waals surface area contributed by atoms with E-state index in [1.54, 1.807) is 12.1 Å². The zero-order chi connectivity index (χ0) is 24.9. The predicted octanol–water partition coefficient (Wildman–Crippen LogP) is 4.28. The standard InChI is InChI=1S/C25H25FN2O5S/c1-16-4-13-22(14-17(16)2)34(31,32)28-21-11-7-19(8-12-21)25(30)27-23(15-24(29)33-3)18-5-9-20(26)10-6-18/h4-14,23,28H,15H2,1-3H3,(H,27,30). The third-order valence-electron chi connectivity index (χ3n) is 5.36. The van der Waals surface area contributed by atoms with Gasteiger partial charge in [-0.3, -0.25) is 14.3 Å². The molecule has 0 aromatic heterocycles. The molecular formula is C25H25FN2O5S. The van der Waals surface area contributed by atoms with Gasteiger partial charge in [0.05, 0.1) is 24.5 Å². The third-order valence-corrected chi connectivity index (χ3v) is 6.74. The summed E-state index contributed by atoms with van der Waals surface area (Å²) in [4.78, 5) is 24.7. The van der Waals surface area contributed by atoms with Crippen molar-refractivity contribution in [2.24, 2.45) is 0 Å². The predicted molar refractivity (Wildman–Crippen MR) is 126 cm³/mol. The molecule has 0 radical (unpaired) electrons. The number of amides is 1. The van der Waals surface area contributed by atoms with Gasteiger partial charge in [0.25, 0.3) is 15.9 Å². The van der Waals surface area contributed by atoms with Gasteiger partial charge in [0.2, 0.25) is 0 Å². The van der Waals surface area contributed by atoms with Crippen LogP contribution in [0, 0.1) is 19.7 Å². The van der Waals surface area contributed by atoms with Crippen molar-refractivity contribution in [3.63, 3.8) is 0 Å². The second-order valence-corrected chi connectivity index (χ2v) is 9.47. The maximum Gasteiger partial charge on any atom is 0.307 e. The number of benzene rings is 3. The molecule has 0 aliphatic carbocycles. The third kappa shape index (κ3) is 6.20. The van der Waals surface area contributed by atoms with E-state index in [-0.39, 0.29) is 16.9 Å². The van der Waals surface area contributed by atoms with E-state index in [0.717, 1.165) is 11.1 Å². The number of carbonyl (C=O) groups is 2. The second kappa shape index (κ2) is 10.5. The van der Waals surface area contributed by atoms with Gasteiger partial charge in [-0.2, -0.15) is 0 Å². The van der Waals surface area contributed by atoms with Crippen LogP contribution in [0.5, 0.6) is 0 Å². The highest BCUT2D eigenvalue weighted by Gasteiger charge is 2.20. The summed E-state index contributed by atoms with van der Waals surface area (Å²) in [7, 11) is -2.55. The first kappa shape index (κ1) is 24.9. The number of hydrogen-bond donors (Lipinski definition) is 2. The van der Waals surface area contributed by atoms with E-state index in [1.807, 2.05) is 13.8 Å². The van der Waals surface area contributed by atoms with Gasteiger partial charge < -0.3 is 10.1 Å². The Morgan fingerprint density at radius 2 is 1.59 bits per heavy atom. The molecule has 34 heavy (non-hydrogen) atoms. The number of aryl methyl sites for hydroxylation is 2. The molecule has 2 N–H and O–H groups in total. The van der Waals surface area contributed by atoms with Crippen LogP contribution in [-0.4, -0.2) is 27.4 Å². The number of methoxy groups -OCH3 is 1. The largest absolute Gasteiger partial charge is 0.469 e. The minimum absolute atomic E-state index is 0.137. The molecule has 1 amide bonds. The number of halogens is 1. The summed E-state index contributed by atoms with van der Waals surface area (Å²) in [5.74, 6) is -1.46. The summed E-state index contributed by atoms with van der Waals surface area (Å²) in [6.45, 7) is 3.73. The molecule has 1 unspecified atom stereocenters. The fourth-order valence-electron chi connectivity index (χ4n) is 3.22. The van der Waals surface area contributed by atoms with Crippen molar-refractivity contribution in [3.05, 3.63) is 94.8 Å². The van der Waals surface area contributed by atoms with Gasteiger partial charge in [-0.05, 0) is 79.1 Å². The van der Waals surface area contributed by atoms with Crippen LogP contribution < -0.4 is 10.0 Å². The van der Waals surface area contributed by atoms with Crippen molar-refractivity contribution in [1.82, 2.24) is 5.32 Å². The minimum atomic E-state index is -3.79. The Hall–Kier alpha value is -3.72. The summed E-state index contributed by atoms with van der Waals surface area (Å²) in [6.07, 6.45) is -0.137. The fourth-order valence-corrected chi connectivity index (χ4v) is 4.37. The summed E-state index contributed by atoms with van der Waals surface area (Å²) in [5.41, 5.74) is 2.93. The fraction of sp³-hybridized carbons (Fsp3) is 0.200. The van der Waals surface area contributed by atoms with Gasteiger partial charge in [0, 0.05) is 11.3 Å². The van der Waals surface area contributed by atoms with Crippen LogP contribution in [0.25, 0.3) is 0 Å². The Labute approximate surface area is 198 Å². The van der Waals surface area contributed by atoms with Crippen molar-refractivity contribution >= 4 is 27.6 Å². The normalized spacial score (nSPS) is 12.0. The Kier molecular flexibility index (Phi) is 7.68. The lowest BCUT2D eigenvalue weighted by molar-refractivity contribution is -0.141. The summed E-state index contributed by atoms with van der Waals surface area (Å²) in [6, 6.07) is 15.4. The highest BCUT2D eigenvalue weighted by Crippen LogP contribution is 2.21. The van der Waals surface area contributed by atoms with Crippen LogP contribution >= 0.6 is 0 Å². The lowest BCUT2D eigenvalue weighted by atomic mass is 10.0. The van der Waals surface area contributed by atoms with Crippen molar-refractivity contribution in [2.75, 3.05) is 11.8 Å². The van der Waals surface area contributed by atoms with Gasteiger partial charge in [0.15, 0.2) is 0 Å². The molecule has 0 saturated carbocycles. The van der Waals surface area contributed by atoms with Crippen molar-refractivity contribution in [1.29, 1.82) is 0 Å². The van der Waals surface area contributed by atoms with E-state index in [4.69, 9.17) is 4.74 Å². The second-order valence-electron chi connectivity index (χ2n) is 7.79. The van der Waals surface area contributed by atoms with Gasteiger partial charge >= 0.3 is 5.97 Å². The number of sulfonamides is 1. The minimum Gasteiger partial charge on any atom is -0.469 e. The van der Waals surface area contributed by atoms with E-state index in [2.05, 4.69) is 10.0 Å². The average molecular weight is 485 g/mol. The number of carbonyl (C=O) groups excluding carboxylic acids is 2. The smallest absolute Gasteiger partial charge is 0.307 e. The highest BCUT2D eigenvalue weighted by molar-refractivity contribution is 7.92. The molecule has 0 spiro atoms. The molecule has 3 rings (SSSR count). The van der Waals surface area contributed by atoms with Crippen molar-refractivity contribution in [3.8, 4) is 0 Å². The monoisotopic (exact) mass is 484 g/mol. The number of hydrogen-bond acceptors (Lipinski definition) is 5. The van der Waals surface area contributed by atoms with E-state index in [1.165, 1.54) is 61.7 Å². The SMILES string of the molecule is COC(=O)CC(NC(=O)c1ccc(NS(=O)(=O)c2ccc(C)c(C)c2)cc1)c1ccc(F)cc1. The lowest BCUT2D eigenvalue weighted by Crippen LogP contribution is -2.30. The van der Waals surface area contributed by atoms with E-state index in [9.17, 15) is 22.4 Å². The van der Waals surface area contributed by atoms with Crippen LogP contribution in [0.2, 0.25) is 0 Å². The Morgan fingerprint density at radius 1 is 0.941 bits per heavy atom. The van der Waals surface area contributed by atoms with Gasteiger partial charge in [-0.25, -0.2) is 12.8 Å². The number of esters is 1. The number of rotatable bonds is 8.